The zero-order valence-corrected chi connectivity index (χ0v) is 14.5. The topological polar surface area (TPSA) is 97.7 Å². The summed E-state index contributed by atoms with van der Waals surface area (Å²) in [6.07, 6.45) is 1.46. The number of hydrogen-bond acceptors (Lipinski definition) is 5. The molecule has 0 bridgehead atoms. The number of nitrogens with zero attached hydrogens (tertiary/aromatic N) is 2. The van der Waals surface area contributed by atoms with Crippen molar-refractivity contribution in [1.29, 1.82) is 0 Å². The van der Waals surface area contributed by atoms with Crippen molar-refractivity contribution >= 4 is 23.5 Å². The Hall–Kier alpha value is -3.42. The Morgan fingerprint density at radius 1 is 1.08 bits per heavy atom. The van der Waals surface area contributed by atoms with Gasteiger partial charge in [-0.05, 0) is 30.3 Å². The lowest BCUT2D eigenvalue weighted by Crippen LogP contribution is -2.27. The van der Waals surface area contributed by atoms with E-state index in [0.29, 0.717) is 11.3 Å². The van der Waals surface area contributed by atoms with Crippen LogP contribution in [0.4, 0.5) is 5.69 Å². The van der Waals surface area contributed by atoms with Gasteiger partial charge in [-0.3, -0.25) is 19.2 Å². The number of pyridine rings is 1. The molecule has 0 atom stereocenters. The van der Waals surface area contributed by atoms with Gasteiger partial charge in [-0.15, -0.1) is 0 Å². The molecular formula is C18H19N3O5. The van der Waals surface area contributed by atoms with Gasteiger partial charge in [0.15, 0.2) is 6.61 Å². The first-order chi connectivity index (χ1) is 12.4. The van der Waals surface area contributed by atoms with E-state index in [-0.39, 0.29) is 18.0 Å². The molecule has 0 spiro atoms. The highest BCUT2D eigenvalue weighted by Crippen LogP contribution is 2.10. The summed E-state index contributed by atoms with van der Waals surface area (Å²) in [5.74, 6) is -1.36. The number of amides is 2. The van der Waals surface area contributed by atoms with Crippen molar-refractivity contribution in [2.75, 3.05) is 26.0 Å². The van der Waals surface area contributed by atoms with E-state index >= 15 is 0 Å². The van der Waals surface area contributed by atoms with Gasteiger partial charge in [-0.25, -0.2) is 0 Å². The predicted octanol–water partition coefficient (Wildman–Crippen LogP) is 0.732. The van der Waals surface area contributed by atoms with Gasteiger partial charge in [0.2, 0.25) is 0 Å². The van der Waals surface area contributed by atoms with Gasteiger partial charge in [0.25, 0.3) is 17.4 Å². The molecule has 1 heterocycles. The minimum atomic E-state index is -0.694. The van der Waals surface area contributed by atoms with Crippen LogP contribution in [0.25, 0.3) is 0 Å². The van der Waals surface area contributed by atoms with Crippen LogP contribution in [0.3, 0.4) is 0 Å². The van der Waals surface area contributed by atoms with Crippen molar-refractivity contribution in [3.05, 3.63) is 64.6 Å². The zero-order chi connectivity index (χ0) is 19.1. The minimum Gasteiger partial charge on any atom is -0.454 e. The number of rotatable bonds is 6. The van der Waals surface area contributed by atoms with Crippen LogP contribution in [-0.4, -0.2) is 48.0 Å². The smallest absolute Gasteiger partial charge is 0.326 e. The quantitative estimate of drug-likeness (QED) is 0.769. The van der Waals surface area contributed by atoms with Crippen molar-refractivity contribution in [3.63, 3.8) is 0 Å². The van der Waals surface area contributed by atoms with E-state index in [1.54, 1.807) is 50.5 Å². The summed E-state index contributed by atoms with van der Waals surface area (Å²) < 4.78 is 6.04. The molecule has 1 N–H and O–H groups in total. The van der Waals surface area contributed by atoms with Gasteiger partial charge >= 0.3 is 5.97 Å². The number of hydrogen-bond donors (Lipinski definition) is 1. The summed E-state index contributed by atoms with van der Waals surface area (Å²) in [6, 6.07) is 10.9. The Balaban J connectivity index is 1.83. The molecule has 2 amide bonds. The Morgan fingerprint density at radius 2 is 1.77 bits per heavy atom. The molecule has 136 valence electrons. The highest BCUT2D eigenvalue weighted by atomic mass is 16.5. The van der Waals surface area contributed by atoms with Crippen molar-refractivity contribution < 1.29 is 19.1 Å². The van der Waals surface area contributed by atoms with Crippen LogP contribution in [0, 0.1) is 0 Å². The van der Waals surface area contributed by atoms with Gasteiger partial charge < -0.3 is 19.5 Å². The van der Waals surface area contributed by atoms with Gasteiger partial charge in [0, 0.05) is 37.6 Å². The molecule has 2 rings (SSSR count). The third-order valence-electron chi connectivity index (χ3n) is 3.38. The van der Waals surface area contributed by atoms with Crippen molar-refractivity contribution in [1.82, 2.24) is 9.47 Å². The second-order valence-electron chi connectivity index (χ2n) is 5.65. The normalized spacial score (nSPS) is 10.1. The molecule has 0 saturated heterocycles. The summed E-state index contributed by atoms with van der Waals surface area (Å²) >= 11 is 0. The lowest BCUT2D eigenvalue weighted by molar-refractivity contribution is -0.147. The third kappa shape index (κ3) is 5.30. The Bertz CT molecular complexity index is 856. The van der Waals surface area contributed by atoms with E-state index in [0.717, 1.165) is 0 Å². The van der Waals surface area contributed by atoms with Gasteiger partial charge in [0.05, 0.1) is 0 Å². The fourth-order valence-electron chi connectivity index (χ4n) is 2.07. The second kappa shape index (κ2) is 8.61. The van der Waals surface area contributed by atoms with Crippen molar-refractivity contribution in [2.45, 2.75) is 6.54 Å². The van der Waals surface area contributed by atoms with Crippen LogP contribution in [0.1, 0.15) is 10.4 Å². The molecule has 2 aromatic rings. The van der Waals surface area contributed by atoms with Gasteiger partial charge in [0.1, 0.15) is 6.54 Å². The molecule has 8 heteroatoms. The summed E-state index contributed by atoms with van der Waals surface area (Å²) in [4.78, 5) is 48.3. The fraction of sp³-hybridized carbons (Fsp3) is 0.222. The molecule has 26 heavy (non-hydrogen) atoms. The molecule has 1 aromatic heterocycles. The van der Waals surface area contributed by atoms with Gasteiger partial charge in [-0.2, -0.15) is 0 Å². The first kappa shape index (κ1) is 18.9. The number of aromatic nitrogens is 1. The lowest BCUT2D eigenvalue weighted by Gasteiger charge is -2.11. The average Bonchev–Trinajstić information content (AvgIpc) is 2.62. The van der Waals surface area contributed by atoms with Gasteiger partial charge in [-0.1, -0.05) is 6.07 Å². The molecule has 0 radical (unpaired) electrons. The first-order valence-corrected chi connectivity index (χ1v) is 7.79. The third-order valence-corrected chi connectivity index (χ3v) is 3.38. The van der Waals surface area contributed by atoms with Crippen LogP contribution in [-0.2, 0) is 20.9 Å². The van der Waals surface area contributed by atoms with Crippen LogP contribution in [0.5, 0.6) is 0 Å². The highest BCUT2D eigenvalue weighted by Gasteiger charge is 2.11. The van der Waals surface area contributed by atoms with E-state index < -0.39 is 18.5 Å². The number of anilines is 1. The van der Waals surface area contributed by atoms with Crippen LogP contribution < -0.4 is 10.9 Å². The number of nitrogens with one attached hydrogen (secondary N) is 1. The SMILES string of the molecule is CN(C)C(=O)c1ccc(NC(=O)COC(=O)Cn2ccccc2=O)cc1. The summed E-state index contributed by atoms with van der Waals surface area (Å²) in [6.45, 7) is -0.743. The fourth-order valence-corrected chi connectivity index (χ4v) is 2.07. The maximum Gasteiger partial charge on any atom is 0.326 e. The van der Waals surface area contributed by atoms with Crippen molar-refractivity contribution in [2.24, 2.45) is 0 Å². The Kier molecular flexibility index (Phi) is 6.26. The minimum absolute atomic E-state index is 0.145. The molecule has 0 aliphatic rings. The Labute approximate surface area is 150 Å². The van der Waals surface area contributed by atoms with Crippen LogP contribution >= 0.6 is 0 Å². The highest BCUT2D eigenvalue weighted by molar-refractivity contribution is 5.96. The summed E-state index contributed by atoms with van der Waals surface area (Å²) in [5.41, 5.74) is 0.634. The van der Waals surface area contributed by atoms with E-state index in [1.807, 2.05) is 0 Å². The van der Waals surface area contributed by atoms with E-state index in [4.69, 9.17) is 4.74 Å². The zero-order valence-electron chi connectivity index (χ0n) is 14.5. The number of benzene rings is 1. The van der Waals surface area contributed by atoms with E-state index in [2.05, 4.69) is 5.32 Å². The molecule has 0 aliphatic carbocycles. The van der Waals surface area contributed by atoms with Crippen LogP contribution in [0.15, 0.2) is 53.5 Å². The number of carbonyl (C=O) groups excluding carboxylic acids is 3. The molecule has 8 nitrogen and oxygen atoms in total. The Morgan fingerprint density at radius 3 is 2.38 bits per heavy atom. The maximum atomic E-state index is 11.8. The average molecular weight is 357 g/mol. The second-order valence-corrected chi connectivity index (χ2v) is 5.65. The molecule has 0 unspecified atom stereocenters. The number of esters is 1. The molecular weight excluding hydrogens is 338 g/mol. The monoisotopic (exact) mass is 357 g/mol. The van der Waals surface area contributed by atoms with E-state index in [1.165, 1.54) is 21.7 Å². The van der Waals surface area contributed by atoms with Crippen molar-refractivity contribution in [3.8, 4) is 0 Å². The van der Waals surface area contributed by atoms with Crippen LogP contribution in [0.2, 0.25) is 0 Å². The number of ether oxygens (including phenoxy) is 1. The predicted molar refractivity (Wildman–Crippen MR) is 94.8 cm³/mol. The first-order valence-electron chi connectivity index (χ1n) is 7.79. The van der Waals surface area contributed by atoms with E-state index in [9.17, 15) is 19.2 Å². The standard InChI is InChI=1S/C18H19N3O5/c1-20(2)18(25)13-6-8-14(9-7-13)19-15(22)12-26-17(24)11-21-10-4-3-5-16(21)23/h3-10H,11-12H2,1-2H3,(H,19,22). The summed E-state index contributed by atoms with van der Waals surface area (Å²) in [7, 11) is 3.30. The lowest BCUT2D eigenvalue weighted by atomic mass is 10.2. The number of carbonyl (C=O) groups is 3. The molecule has 0 aliphatic heterocycles. The molecule has 0 fully saturated rings. The maximum absolute atomic E-state index is 11.8. The molecule has 0 saturated carbocycles. The summed E-state index contributed by atoms with van der Waals surface area (Å²) in [5, 5.41) is 2.56. The largest absolute Gasteiger partial charge is 0.454 e. The molecule has 1 aromatic carbocycles.